The minimum absolute atomic E-state index is 0.0869. The van der Waals surface area contributed by atoms with Crippen molar-refractivity contribution in [2.75, 3.05) is 6.54 Å². The summed E-state index contributed by atoms with van der Waals surface area (Å²) >= 11 is 0. The molecule has 0 aliphatic carbocycles. The number of aliphatic carboxylic acids is 2. The Morgan fingerprint density at radius 2 is 1.24 bits per heavy atom. The van der Waals surface area contributed by atoms with E-state index in [1.165, 1.54) is 6.92 Å². The van der Waals surface area contributed by atoms with Crippen molar-refractivity contribution in [3.8, 4) is 0 Å². The summed E-state index contributed by atoms with van der Waals surface area (Å²) in [5.74, 6) is -5.76. The van der Waals surface area contributed by atoms with E-state index in [1.54, 1.807) is 0 Å². The predicted octanol–water partition coefficient (Wildman–Crippen LogP) is -2.87. The van der Waals surface area contributed by atoms with Gasteiger partial charge < -0.3 is 43.4 Å². The standard InChI is InChI=1S/C19H34N6O8/c1-10(21)16(29)23-11(5-7-14(22)26)17(30)24-12(6-8-15(27)28)18(31)25-13(19(32)33)4-2-3-9-20/h10-13H,2-9,20-21H2,1H3,(H2,22,26)(H,23,29)(H,24,30)(H,25,31)(H,27,28)(H,32,33). The van der Waals surface area contributed by atoms with Gasteiger partial charge in [-0.25, -0.2) is 4.79 Å². The molecule has 0 rings (SSSR count). The van der Waals surface area contributed by atoms with Crippen molar-refractivity contribution in [1.82, 2.24) is 16.0 Å². The van der Waals surface area contributed by atoms with E-state index in [0.717, 1.165) is 0 Å². The molecule has 0 spiro atoms. The third-order valence-electron chi connectivity index (χ3n) is 4.57. The van der Waals surface area contributed by atoms with Gasteiger partial charge in [0.15, 0.2) is 0 Å². The molecular weight excluding hydrogens is 440 g/mol. The molecule has 0 aromatic heterocycles. The highest BCUT2D eigenvalue weighted by Gasteiger charge is 2.30. The molecule has 0 radical (unpaired) electrons. The van der Waals surface area contributed by atoms with Crippen molar-refractivity contribution in [3.63, 3.8) is 0 Å². The van der Waals surface area contributed by atoms with Crippen LogP contribution in [-0.2, 0) is 28.8 Å². The van der Waals surface area contributed by atoms with Gasteiger partial charge >= 0.3 is 11.9 Å². The van der Waals surface area contributed by atoms with Crippen LogP contribution in [0.2, 0.25) is 0 Å². The largest absolute Gasteiger partial charge is 0.481 e. The van der Waals surface area contributed by atoms with E-state index in [4.69, 9.17) is 22.3 Å². The Morgan fingerprint density at radius 1 is 0.758 bits per heavy atom. The molecule has 0 saturated heterocycles. The molecule has 4 atom stereocenters. The Balaban J connectivity index is 5.48. The fourth-order valence-electron chi connectivity index (χ4n) is 2.69. The lowest BCUT2D eigenvalue weighted by atomic mass is 10.1. The van der Waals surface area contributed by atoms with Crippen LogP contribution < -0.4 is 33.2 Å². The highest BCUT2D eigenvalue weighted by atomic mass is 16.4. The molecule has 33 heavy (non-hydrogen) atoms. The average molecular weight is 475 g/mol. The Kier molecular flexibility index (Phi) is 14.0. The Labute approximate surface area is 191 Å². The van der Waals surface area contributed by atoms with E-state index in [2.05, 4.69) is 16.0 Å². The third kappa shape index (κ3) is 13.0. The van der Waals surface area contributed by atoms with Crippen molar-refractivity contribution in [1.29, 1.82) is 0 Å². The van der Waals surface area contributed by atoms with E-state index in [-0.39, 0.29) is 25.7 Å². The van der Waals surface area contributed by atoms with Gasteiger partial charge in [-0.3, -0.25) is 24.0 Å². The number of carbonyl (C=O) groups excluding carboxylic acids is 4. The Hall–Kier alpha value is -3.26. The molecule has 0 aromatic carbocycles. The summed E-state index contributed by atoms with van der Waals surface area (Å²) < 4.78 is 0. The molecule has 4 amide bonds. The van der Waals surface area contributed by atoms with Gasteiger partial charge in [-0.1, -0.05) is 0 Å². The summed E-state index contributed by atoms with van der Waals surface area (Å²) in [6, 6.07) is -4.93. The monoisotopic (exact) mass is 474 g/mol. The molecular formula is C19H34N6O8. The number of unbranched alkanes of at least 4 members (excludes halogenated alkanes) is 1. The zero-order valence-electron chi connectivity index (χ0n) is 18.5. The summed E-state index contributed by atoms with van der Waals surface area (Å²) in [6.45, 7) is 1.72. The molecule has 0 aliphatic heterocycles. The van der Waals surface area contributed by atoms with Gasteiger partial charge in [0.05, 0.1) is 6.04 Å². The van der Waals surface area contributed by atoms with Crippen molar-refractivity contribution in [2.45, 2.75) is 76.0 Å². The number of rotatable bonds is 17. The van der Waals surface area contributed by atoms with E-state index in [9.17, 15) is 33.9 Å². The lowest BCUT2D eigenvalue weighted by Crippen LogP contribution is -2.57. The highest BCUT2D eigenvalue weighted by Crippen LogP contribution is 2.06. The number of nitrogens with one attached hydrogen (secondary N) is 3. The van der Waals surface area contributed by atoms with Crippen LogP contribution in [0, 0.1) is 0 Å². The van der Waals surface area contributed by atoms with Crippen LogP contribution in [0.3, 0.4) is 0 Å². The van der Waals surface area contributed by atoms with Gasteiger partial charge in [0.25, 0.3) is 0 Å². The van der Waals surface area contributed by atoms with E-state index in [0.29, 0.717) is 19.4 Å². The molecule has 0 aliphatic rings. The van der Waals surface area contributed by atoms with Gasteiger partial charge in [0.1, 0.15) is 18.1 Å². The van der Waals surface area contributed by atoms with E-state index >= 15 is 0 Å². The summed E-state index contributed by atoms with van der Waals surface area (Å²) in [5, 5.41) is 25.2. The number of hydrogen-bond acceptors (Lipinski definition) is 8. The number of carbonyl (C=O) groups is 6. The molecule has 0 saturated carbocycles. The number of nitrogens with two attached hydrogens (primary N) is 3. The van der Waals surface area contributed by atoms with Gasteiger partial charge in [-0.15, -0.1) is 0 Å². The first-order valence-corrected chi connectivity index (χ1v) is 10.5. The molecule has 0 aromatic rings. The van der Waals surface area contributed by atoms with Gasteiger partial charge in [-0.05, 0) is 45.6 Å². The number of hydrogen-bond donors (Lipinski definition) is 8. The van der Waals surface area contributed by atoms with E-state index in [1.807, 2.05) is 0 Å². The second-order valence-corrected chi connectivity index (χ2v) is 7.53. The smallest absolute Gasteiger partial charge is 0.326 e. The number of carboxylic acids is 2. The van der Waals surface area contributed by atoms with Gasteiger partial charge in [0, 0.05) is 12.8 Å². The maximum Gasteiger partial charge on any atom is 0.326 e. The average Bonchev–Trinajstić information content (AvgIpc) is 2.72. The summed E-state index contributed by atoms with van der Waals surface area (Å²) in [4.78, 5) is 70.9. The van der Waals surface area contributed by atoms with Crippen LogP contribution >= 0.6 is 0 Å². The van der Waals surface area contributed by atoms with E-state index < -0.39 is 66.2 Å². The topological polar surface area (TPSA) is 257 Å². The third-order valence-corrected chi connectivity index (χ3v) is 4.57. The maximum atomic E-state index is 12.7. The first kappa shape index (κ1) is 29.7. The SMILES string of the molecule is CC(N)C(=O)NC(CCC(N)=O)C(=O)NC(CCC(=O)O)C(=O)NC(CCCCN)C(=O)O. The van der Waals surface area contributed by atoms with Gasteiger partial charge in [0.2, 0.25) is 23.6 Å². The zero-order chi connectivity index (χ0) is 25.6. The first-order valence-electron chi connectivity index (χ1n) is 10.5. The molecule has 11 N–H and O–H groups in total. The molecule has 14 heteroatoms. The number of carboxylic acid groups (broad SMARTS) is 2. The van der Waals surface area contributed by atoms with Crippen molar-refractivity contribution < 1.29 is 39.0 Å². The predicted molar refractivity (Wildman–Crippen MR) is 115 cm³/mol. The Bertz CT molecular complexity index is 714. The van der Waals surface area contributed by atoms with Crippen LogP contribution in [0.4, 0.5) is 0 Å². The van der Waals surface area contributed by atoms with Crippen LogP contribution in [0.25, 0.3) is 0 Å². The van der Waals surface area contributed by atoms with Crippen LogP contribution in [0.5, 0.6) is 0 Å². The second-order valence-electron chi connectivity index (χ2n) is 7.53. The molecule has 14 nitrogen and oxygen atoms in total. The van der Waals surface area contributed by atoms with Gasteiger partial charge in [-0.2, -0.15) is 0 Å². The molecule has 4 unspecified atom stereocenters. The molecule has 0 bridgehead atoms. The van der Waals surface area contributed by atoms with Crippen molar-refractivity contribution >= 4 is 35.6 Å². The fraction of sp³-hybridized carbons (Fsp3) is 0.684. The number of primary amides is 1. The minimum Gasteiger partial charge on any atom is -0.481 e. The highest BCUT2D eigenvalue weighted by molar-refractivity contribution is 5.94. The normalized spacial score (nSPS) is 14.3. The van der Waals surface area contributed by atoms with Crippen LogP contribution in [0.1, 0.15) is 51.9 Å². The van der Waals surface area contributed by atoms with Crippen LogP contribution in [0.15, 0.2) is 0 Å². The summed E-state index contributed by atoms with van der Waals surface area (Å²) in [5.41, 5.74) is 16.0. The quantitative estimate of drug-likeness (QED) is 0.0999. The first-order chi connectivity index (χ1) is 15.4. The molecule has 188 valence electrons. The molecule has 0 fully saturated rings. The maximum absolute atomic E-state index is 12.7. The summed E-state index contributed by atoms with van der Waals surface area (Å²) in [6.07, 6.45) is -0.232. The minimum atomic E-state index is -1.41. The molecule has 0 heterocycles. The zero-order valence-corrected chi connectivity index (χ0v) is 18.5. The fourth-order valence-corrected chi connectivity index (χ4v) is 2.69. The lowest BCUT2D eigenvalue weighted by Gasteiger charge is -2.24. The number of amides is 4. The lowest BCUT2D eigenvalue weighted by molar-refractivity contribution is -0.143. The summed E-state index contributed by atoms with van der Waals surface area (Å²) in [7, 11) is 0. The Morgan fingerprint density at radius 3 is 1.67 bits per heavy atom. The van der Waals surface area contributed by atoms with Crippen LogP contribution in [-0.4, -0.2) is 76.5 Å². The van der Waals surface area contributed by atoms with Crippen molar-refractivity contribution in [2.24, 2.45) is 17.2 Å². The van der Waals surface area contributed by atoms with Crippen molar-refractivity contribution in [3.05, 3.63) is 0 Å². The second kappa shape index (κ2) is 15.5.